The first-order chi connectivity index (χ1) is 39.4. The molecule has 0 heterocycles. The van der Waals surface area contributed by atoms with E-state index < -0.39 is 20.0 Å². The molecule has 0 aliphatic carbocycles. The summed E-state index contributed by atoms with van der Waals surface area (Å²) < 4.78 is 30.7. The van der Waals surface area contributed by atoms with E-state index in [2.05, 4.69) is 99.0 Å². The molecule has 0 fully saturated rings. The Balaban J connectivity index is 5.10. The van der Waals surface area contributed by atoms with Crippen LogP contribution in [0.3, 0.4) is 0 Å². The molecule has 0 aliphatic rings. The molecule has 9 nitrogen and oxygen atoms in total. The second-order valence-electron chi connectivity index (χ2n) is 24.0. The minimum absolute atomic E-state index is 0.0323. The van der Waals surface area contributed by atoms with E-state index in [0.717, 1.165) is 89.9 Å². The third kappa shape index (κ3) is 61.6. The number of esters is 1. The summed E-state index contributed by atoms with van der Waals surface area (Å²) in [6, 6.07) is -0.865. The Morgan fingerprint density at radius 2 is 0.790 bits per heavy atom. The fourth-order valence-electron chi connectivity index (χ4n) is 9.61. The molecule has 0 aliphatic heterocycles. The molecule has 0 saturated carbocycles. The van der Waals surface area contributed by atoms with Crippen molar-refractivity contribution in [3.63, 3.8) is 0 Å². The van der Waals surface area contributed by atoms with Gasteiger partial charge in [0.25, 0.3) is 0 Å². The second-order valence-corrected chi connectivity index (χ2v) is 25.4. The van der Waals surface area contributed by atoms with Gasteiger partial charge in [-0.15, -0.1) is 0 Å². The lowest BCUT2D eigenvalue weighted by Gasteiger charge is -2.27. The number of carbonyl (C=O) groups excluding carboxylic acids is 2. The number of phosphoric ester groups is 1. The number of hydrogen-bond acceptors (Lipinski definition) is 6. The lowest BCUT2D eigenvalue weighted by atomic mass is 10.0. The highest BCUT2D eigenvalue weighted by atomic mass is 31.2. The van der Waals surface area contributed by atoms with Crippen LogP contribution in [0.2, 0.25) is 0 Å². The van der Waals surface area contributed by atoms with E-state index in [9.17, 15) is 19.0 Å². The zero-order chi connectivity index (χ0) is 59.3. The predicted molar refractivity (Wildman–Crippen MR) is 351 cm³/mol. The molecule has 0 spiro atoms. The van der Waals surface area contributed by atoms with Crippen LogP contribution in [0.4, 0.5) is 0 Å². The predicted octanol–water partition coefficient (Wildman–Crippen LogP) is 21.3. The lowest BCUT2D eigenvalue weighted by Crippen LogP contribution is -2.47. The number of quaternary nitrogens is 1. The number of unbranched alkanes of at least 4 members (excludes halogenated alkanes) is 33. The molecule has 3 atom stereocenters. The van der Waals surface area contributed by atoms with Gasteiger partial charge in [0.2, 0.25) is 5.91 Å². The van der Waals surface area contributed by atoms with E-state index >= 15 is 0 Å². The van der Waals surface area contributed by atoms with Gasteiger partial charge < -0.3 is 19.4 Å². The highest BCUT2D eigenvalue weighted by Crippen LogP contribution is 2.43. The van der Waals surface area contributed by atoms with Crippen molar-refractivity contribution >= 4 is 19.7 Å². The second kappa shape index (κ2) is 60.3. The largest absolute Gasteiger partial charge is 0.472 e. The first kappa shape index (κ1) is 78.2. The molecule has 81 heavy (non-hydrogen) atoms. The van der Waals surface area contributed by atoms with E-state index in [1.165, 1.54) is 173 Å². The van der Waals surface area contributed by atoms with Crippen molar-refractivity contribution in [3.8, 4) is 0 Å². The van der Waals surface area contributed by atoms with Gasteiger partial charge >= 0.3 is 13.8 Å². The van der Waals surface area contributed by atoms with Gasteiger partial charge in [0, 0.05) is 12.8 Å². The van der Waals surface area contributed by atoms with Gasteiger partial charge in [-0.25, -0.2) is 4.57 Å². The van der Waals surface area contributed by atoms with E-state index in [-0.39, 0.29) is 31.5 Å². The lowest BCUT2D eigenvalue weighted by molar-refractivity contribution is -0.870. The molecule has 0 aromatic carbocycles. The first-order valence-electron chi connectivity index (χ1n) is 33.9. The number of phosphoric acid groups is 1. The van der Waals surface area contributed by atoms with Crippen molar-refractivity contribution in [1.29, 1.82) is 0 Å². The number of ether oxygens (including phenoxy) is 1. The number of carbonyl (C=O) groups is 2. The Morgan fingerprint density at radius 1 is 0.444 bits per heavy atom. The van der Waals surface area contributed by atoms with E-state index in [1.54, 1.807) is 0 Å². The van der Waals surface area contributed by atoms with Crippen LogP contribution in [-0.4, -0.2) is 74.3 Å². The van der Waals surface area contributed by atoms with Crippen molar-refractivity contribution in [2.45, 2.75) is 315 Å². The van der Waals surface area contributed by atoms with Crippen LogP contribution in [0.25, 0.3) is 0 Å². The van der Waals surface area contributed by atoms with Crippen molar-refractivity contribution in [1.82, 2.24) is 5.32 Å². The molecule has 3 unspecified atom stereocenters. The minimum atomic E-state index is -4.46. The third-order valence-corrected chi connectivity index (χ3v) is 15.8. The average Bonchev–Trinajstić information content (AvgIpc) is 3.44. The number of nitrogens with one attached hydrogen (secondary N) is 1. The SMILES string of the molecule is CC/C=C\C/C=C\C/C=C\C/C=C\C/C=C\CCCCCC(=O)OC(/C=C\CCCCCCCCCCC)C(COP(=O)(O)OCC[N+](C)(C)C)NC(=O)CCCCCCCCCCCCCCCCC/C=C/CCCCCCCC. The first-order valence-corrected chi connectivity index (χ1v) is 35.4. The number of allylic oxidation sites excluding steroid dienone is 13. The number of rotatable bonds is 61. The summed E-state index contributed by atoms with van der Waals surface area (Å²) in [5.74, 6) is -0.538. The van der Waals surface area contributed by atoms with E-state index in [4.69, 9.17) is 13.8 Å². The standard InChI is InChI=1S/C71H129N2O7P/c1-7-10-13-16-19-22-25-27-29-31-33-34-35-36-37-38-40-41-43-45-48-51-54-57-60-63-70(74)72-68(67-79-81(76,77)78-66-65-73(4,5)6)69(62-59-56-53-50-47-24-21-18-15-12-9-3)80-71(75)64-61-58-55-52-49-46-44-42-39-32-30-28-26-23-20-17-14-11-8-2/h11,14,20,23,27-30,39,42,46,49,59,62,68-69H,7-10,12-13,15-19,21-22,24-26,31-38,40-41,43-45,47-48,50-58,60-61,63-67H2,1-6H3,(H-,72,74,76,77)/p+1/b14-11-,23-20-,29-27+,30-28-,42-39-,49-46-,62-59-. The summed E-state index contributed by atoms with van der Waals surface area (Å²) in [4.78, 5) is 37.8. The van der Waals surface area contributed by atoms with E-state index in [0.29, 0.717) is 23.9 Å². The van der Waals surface area contributed by atoms with Crippen LogP contribution >= 0.6 is 7.82 Å². The van der Waals surface area contributed by atoms with Crippen LogP contribution in [0.5, 0.6) is 0 Å². The molecule has 10 heteroatoms. The summed E-state index contributed by atoms with van der Waals surface area (Å²) in [5.41, 5.74) is 0. The maximum atomic E-state index is 13.6. The Bertz CT molecular complexity index is 1660. The van der Waals surface area contributed by atoms with Crippen molar-refractivity contribution < 1.29 is 37.3 Å². The molecule has 0 aromatic heterocycles. The minimum Gasteiger partial charge on any atom is -0.456 e. The summed E-state index contributed by atoms with van der Waals surface area (Å²) in [5, 5.41) is 3.06. The topological polar surface area (TPSA) is 111 Å². The summed E-state index contributed by atoms with van der Waals surface area (Å²) in [6.07, 6.45) is 80.3. The fraction of sp³-hybridized carbons (Fsp3) is 0.775. The summed E-state index contributed by atoms with van der Waals surface area (Å²) >= 11 is 0. The molecule has 470 valence electrons. The van der Waals surface area contributed by atoms with Gasteiger partial charge in [0.1, 0.15) is 19.3 Å². The van der Waals surface area contributed by atoms with Crippen LogP contribution < -0.4 is 5.32 Å². The monoisotopic (exact) mass is 1150 g/mol. The molecular formula is C71H130N2O7P+. The number of nitrogens with zero attached hydrogens (tertiary/aromatic N) is 1. The molecule has 0 aromatic rings. The van der Waals surface area contributed by atoms with Crippen LogP contribution in [-0.2, 0) is 27.9 Å². The highest BCUT2D eigenvalue weighted by molar-refractivity contribution is 7.47. The van der Waals surface area contributed by atoms with Crippen LogP contribution in [0, 0.1) is 0 Å². The molecule has 0 bridgehead atoms. The van der Waals surface area contributed by atoms with Crippen molar-refractivity contribution in [3.05, 3.63) is 85.1 Å². The Morgan fingerprint density at radius 3 is 1.21 bits per heavy atom. The van der Waals surface area contributed by atoms with Crippen LogP contribution in [0.15, 0.2) is 85.1 Å². The Hall–Kier alpha value is -2.81. The number of amides is 1. The molecule has 1 amide bonds. The molecule has 0 radical (unpaired) electrons. The molecule has 0 rings (SSSR count). The van der Waals surface area contributed by atoms with Gasteiger partial charge in [-0.2, -0.15) is 0 Å². The van der Waals surface area contributed by atoms with Gasteiger partial charge in [-0.05, 0) is 102 Å². The van der Waals surface area contributed by atoms with Crippen LogP contribution in [0.1, 0.15) is 303 Å². The normalized spacial score (nSPS) is 14.1. The van der Waals surface area contributed by atoms with Crippen molar-refractivity contribution in [2.24, 2.45) is 0 Å². The zero-order valence-corrected chi connectivity index (χ0v) is 54.7. The zero-order valence-electron chi connectivity index (χ0n) is 53.8. The van der Waals surface area contributed by atoms with Gasteiger partial charge in [0.15, 0.2) is 0 Å². The van der Waals surface area contributed by atoms with Gasteiger partial charge in [-0.3, -0.25) is 18.6 Å². The maximum absolute atomic E-state index is 13.6. The number of hydrogen-bond donors (Lipinski definition) is 2. The highest BCUT2D eigenvalue weighted by Gasteiger charge is 2.30. The maximum Gasteiger partial charge on any atom is 0.472 e. The van der Waals surface area contributed by atoms with Crippen molar-refractivity contribution in [2.75, 3.05) is 40.9 Å². The fourth-order valence-corrected chi connectivity index (χ4v) is 10.3. The third-order valence-electron chi connectivity index (χ3n) is 14.8. The Labute approximate surface area is 501 Å². The molecular weight excluding hydrogens is 1020 g/mol. The van der Waals surface area contributed by atoms with Gasteiger partial charge in [-0.1, -0.05) is 273 Å². The molecule has 0 saturated heterocycles. The number of likely N-dealkylation sites (N-methyl/N-ethyl adjacent to an activating group) is 1. The summed E-state index contributed by atoms with van der Waals surface area (Å²) in [6.45, 7) is 6.89. The average molecular weight is 1150 g/mol. The quantitative estimate of drug-likeness (QED) is 0.0205. The Kier molecular flexibility index (Phi) is 58.2. The van der Waals surface area contributed by atoms with E-state index in [1.807, 2.05) is 33.3 Å². The summed E-state index contributed by atoms with van der Waals surface area (Å²) in [7, 11) is 1.48. The smallest absolute Gasteiger partial charge is 0.456 e. The molecule has 2 N–H and O–H groups in total. The van der Waals surface area contributed by atoms with Gasteiger partial charge in [0.05, 0.1) is 33.8 Å².